The van der Waals surface area contributed by atoms with E-state index in [2.05, 4.69) is 10.4 Å². The largest absolute Gasteiger partial charge is 0.323 e. The Labute approximate surface area is 95.0 Å². The summed E-state index contributed by atoms with van der Waals surface area (Å²) in [6.45, 7) is 0. The zero-order valence-corrected chi connectivity index (χ0v) is 8.90. The van der Waals surface area contributed by atoms with Crippen molar-refractivity contribution in [2.75, 3.05) is 5.43 Å². The normalized spacial score (nSPS) is 10.7. The van der Waals surface area contributed by atoms with Gasteiger partial charge in [-0.05, 0) is 12.1 Å². The zero-order chi connectivity index (χ0) is 11.0. The number of nitrogens with two attached hydrogens (primary N) is 1. The Morgan fingerprint density at radius 3 is 2.80 bits per heavy atom. The van der Waals surface area contributed by atoms with Crippen molar-refractivity contribution in [2.45, 2.75) is 0 Å². The van der Waals surface area contributed by atoms with E-state index in [1.54, 1.807) is 6.07 Å². The number of aromatic nitrogens is 1. The average Bonchev–Trinajstić information content (AvgIpc) is 2.25. The molecule has 15 heavy (non-hydrogen) atoms. The number of rotatable bonds is 1. The second kappa shape index (κ2) is 3.81. The number of pyridine rings is 1. The summed E-state index contributed by atoms with van der Waals surface area (Å²) >= 11 is 11.5. The molecule has 0 spiro atoms. The summed E-state index contributed by atoms with van der Waals surface area (Å²) < 4.78 is 13.4. The molecule has 0 aliphatic carbocycles. The first-order valence-electron chi connectivity index (χ1n) is 4.04. The number of hydrogen-bond donors (Lipinski definition) is 2. The standard InChI is InChI=1S/C9H6Cl2FN3/c10-4-3-6-7(8(11)9(4)12)5(15-13)1-2-14-6/h1-3H,13H2,(H,14,15). The van der Waals surface area contributed by atoms with Crippen molar-refractivity contribution >= 4 is 39.8 Å². The van der Waals surface area contributed by atoms with E-state index in [9.17, 15) is 4.39 Å². The summed E-state index contributed by atoms with van der Waals surface area (Å²) in [7, 11) is 0. The number of anilines is 1. The van der Waals surface area contributed by atoms with Gasteiger partial charge < -0.3 is 5.43 Å². The van der Waals surface area contributed by atoms with Gasteiger partial charge in [0.1, 0.15) is 0 Å². The van der Waals surface area contributed by atoms with Crippen LogP contribution in [0.2, 0.25) is 10.0 Å². The molecule has 0 aliphatic heterocycles. The van der Waals surface area contributed by atoms with Gasteiger partial charge in [0.2, 0.25) is 0 Å². The molecule has 3 nitrogen and oxygen atoms in total. The third-order valence-corrected chi connectivity index (χ3v) is 2.65. The minimum absolute atomic E-state index is 0.0610. The fourth-order valence-corrected chi connectivity index (χ4v) is 1.88. The van der Waals surface area contributed by atoms with Crippen molar-refractivity contribution in [3.63, 3.8) is 0 Å². The van der Waals surface area contributed by atoms with Crippen LogP contribution in [0.3, 0.4) is 0 Å². The van der Waals surface area contributed by atoms with Crippen LogP contribution in [0.1, 0.15) is 0 Å². The number of halogens is 3. The van der Waals surface area contributed by atoms with Gasteiger partial charge in [-0.1, -0.05) is 23.2 Å². The van der Waals surface area contributed by atoms with Crippen LogP contribution in [-0.4, -0.2) is 4.98 Å². The van der Waals surface area contributed by atoms with Gasteiger partial charge in [0, 0.05) is 11.6 Å². The van der Waals surface area contributed by atoms with E-state index >= 15 is 0 Å². The van der Waals surface area contributed by atoms with E-state index in [0.717, 1.165) is 0 Å². The van der Waals surface area contributed by atoms with Crippen molar-refractivity contribution in [1.82, 2.24) is 4.98 Å². The van der Waals surface area contributed by atoms with Crippen LogP contribution in [0.4, 0.5) is 10.1 Å². The lowest BCUT2D eigenvalue weighted by Crippen LogP contribution is -2.07. The van der Waals surface area contributed by atoms with E-state index in [1.165, 1.54) is 12.3 Å². The van der Waals surface area contributed by atoms with Gasteiger partial charge in [0.05, 0.1) is 21.2 Å². The maximum Gasteiger partial charge on any atom is 0.161 e. The van der Waals surface area contributed by atoms with Crippen LogP contribution in [0.15, 0.2) is 18.3 Å². The molecule has 0 fully saturated rings. The Bertz CT molecular complexity index is 530. The summed E-state index contributed by atoms with van der Waals surface area (Å²) in [5, 5.41) is 0.274. The van der Waals surface area contributed by atoms with E-state index in [1.807, 2.05) is 0 Å². The Balaban J connectivity index is 2.93. The van der Waals surface area contributed by atoms with Gasteiger partial charge in [-0.3, -0.25) is 10.8 Å². The molecule has 6 heteroatoms. The first-order chi connectivity index (χ1) is 7.15. The summed E-state index contributed by atoms with van der Waals surface area (Å²) in [4.78, 5) is 4.02. The molecule has 2 aromatic rings. The molecule has 0 bridgehead atoms. The van der Waals surface area contributed by atoms with Gasteiger partial charge in [-0.15, -0.1) is 0 Å². The third kappa shape index (κ3) is 1.61. The number of hydrogen-bond acceptors (Lipinski definition) is 3. The predicted molar refractivity (Wildman–Crippen MR) is 59.5 cm³/mol. The molecule has 78 valence electrons. The van der Waals surface area contributed by atoms with Crippen molar-refractivity contribution in [1.29, 1.82) is 0 Å². The van der Waals surface area contributed by atoms with Crippen molar-refractivity contribution in [3.05, 3.63) is 34.2 Å². The van der Waals surface area contributed by atoms with Gasteiger partial charge in [0.25, 0.3) is 0 Å². The van der Waals surface area contributed by atoms with Gasteiger partial charge in [-0.25, -0.2) is 4.39 Å². The second-order valence-corrected chi connectivity index (χ2v) is 3.67. The molecule has 1 aromatic heterocycles. The molecule has 0 aliphatic rings. The molecule has 0 radical (unpaired) electrons. The quantitative estimate of drug-likeness (QED) is 0.462. The Morgan fingerprint density at radius 1 is 1.40 bits per heavy atom. The molecular formula is C9H6Cl2FN3. The number of nitrogens with one attached hydrogen (secondary N) is 1. The number of fused-ring (bicyclic) bond motifs is 1. The molecule has 0 saturated heterocycles. The fourth-order valence-electron chi connectivity index (χ4n) is 1.34. The van der Waals surface area contributed by atoms with E-state index in [0.29, 0.717) is 16.6 Å². The predicted octanol–water partition coefficient (Wildman–Crippen LogP) is 2.97. The first kappa shape index (κ1) is 10.4. The fraction of sp³-hybridized carbons (Fsp3) is 0. The maximum absolute atomic E-state index is 13.4. The molecular weight excluding hydrogens is 240 g/mol. The monoisotopic (exact) mass is 245 g/mol. The molecule has 1 aromatic carbocycles. The van der Waals surface area contributed by atoms with E-state index in [-0.39, 0.29) is 10.0 Å². The van der Waals surface area contributed by atoms with Crippen LogP contribution in [0.25, 0.3) is 10.9 Å². The van der Waals surface area contributed by atoms with Crippen molar-refractivity contribution in [3.8, 4) is 0 Å². The smallest absolute Gasteiger partial charge is 0.161 e. The number of hydrazine groups is 1. The molecule has 0 amide bonds. The molecule has 2 rings (SSSR count). The second-order valence-electron chi connectivity index (χ2n) is 2.88. The van der Waals surface area contributed by atoms with Crippen molar-refractivity contribution < 1.29 is 4.39 Å². The SMILES string of the molecule is NNc1ccnc2cc(Cl)c(F)c(Cl)c12. The van der Waals surface area contributed by atoms with Crippen LogP contribution in [0.5, 0.6) is 0 Å². The third-order valence-electron chi connectivity index (χ3n) is 2.02. The van der Waals surface area contributed by atoms with E-state index < -0.39 is 5.82 Å². The highest BCUT2D eigenvalue weighted by Crippen LogP contribution is 2.34. The zero-order valence-electron chi connectivity index (χ0n) is 7.39. The number of benzene rings is 1. The Kier molecular flexibility index (Phi) is 2.65. The molecule has 0 atom stereocenters. The highest BCUT2D eigenvalue weighted by atomic mass is 35.5. The lowest BCUT2D eigenvalue weighted by atomic mass is 10.2. The van der Waals surface area contributed by atoms with Crippen molar-refractivity contribution in [2.24, 2.45) is 5.84 Å². The summed E-state index contributed by atoms with van der Waals surface area (Å²) in [6, 6.07) is 3.00. The minimum atomic E-state index is -0.671. The van der Waals surface area contributed by atoms with Crippen LogP contribution in [-0.2, 0) is 0 Å². The summed E-state index contributed by atoms with van der Waals surface area (Å²) in [5.74, 6) is 4.61. The van der Waals surface area contributed by atoms with E-state index in [4.69, 9.17) is 29.0 Å². The summed E-state index contributed by atoms with van der Waals surface area (Å²) in [5.41, 5.74) is 3.41. The van der Waals surface area contributed by atoms with Gasteiger partial charge in [0.15, 0.2) is 5.82 Å². The highest BCUT2D eigenvalue weighted by Gasteiger charge is 2.13. The Hall–Kier alpha value is -1.10. The van der Waals surface area contributed by atoms with Gasteiger partial charge >= 0.3 is 0 Å². The maximum atomic E-state index is 13.4. The molecule has 1 heterocycles. The summed E-state index contributed by atoms with van der Waals surface area (Å²) in [6.07, 6.45) is 1.53. The Morgan fingerprint density at radius 2 is 2.13 bits per heavy atom. The molecule has 0 unspecified atom stereocenters. The average molecular weight is 246 g/mol. The van der Waals surface area contributed by atoms with Crippen LogP contribution >= 0.6 is 23.2 Å². The molecule has 0 saturated carbocycles. The van der Waals surface area contributed by atoms with Gasteiger partial charge in [-0.2, -0.15) is 0 Å². The minimum Gasteiger partial charge on any atom is -0.323 e. The highest BCUT2D eigenvalue weighted by molar-refractivity contribution is 6.39. The first-order valence-corrected chi connectivity index (χ1v) is 4.79. The van der Waals surface area contributed by atoms with Crippen LogP contribution in [0, 0.1) is 5.82 Å². The topological polar surface area (TPSA) is 50.9 Å². The number of nitrogen functional groups attached to an aromatic ring is 1. The molecule has 3 N–H and O–H groups in total. The lowest BCUT2D eigenvalue weighted by molar-refractivity contribution is 0.630. The lowest BCUT2D eigenvalue weighted by Gasteiger charge is -2.08. The number of nitrogens with zero attached hydrogens (tertiary/aromatic N) is 1. The van der Waals surface area contributed by atoms with Crippen LogP contribution < -0.4 is 11.3 Å².